The number of imide groups is 2. The molecule has 15 heteroatoms. The Bertz CT molecular complexity index is 1200. The van der Waals surface area contributed by atoms with E-state index in [1.54, 1.807) is 18.2 Å². The molecule has 0 spiro atoms. The highest BCUT2D eigenvalue weighted by Crippen LogP contribution is 2.31. The number of nitrogens with zero attached hydrogens (tertiary/aromatic N) is 2. The van der Waals surface area contributed by atoms with Crippen molar-refractivity contribution >= 4 is 29.6 Å². The van der Waals surface area contributed by atoms with E-state index >= 15 is 0 Å². The summed E-state index contributed by atoms with van der Waals surface area (Å²) in [5, 5.41) is 12.7. The minimum absolute atomic E-state index is 0.0764. The number of carbonyl (C=O) groups is 5. The third kappa shape index (κ3) is 7.40. The van der Waals surface area contributed by atoms with E-state index in [4.69, 9.17) is 19.4 Å². The highest BCUT2D eigenvalue weighted by atomic mass is 19.4. The number of hydrogen-bond donors (Lipinski definition) is 3. The van der Waals surface area contributed by atoms with Crippen LogP contribution < -0.4 is 15.4 Å². The number of amides is 4. The summed E-state index contributed by atoms with van der Waals surface area (Å²) in [6, 6.07) is 3.87. The number of carboxylic acids is 1. The SMILES string of the molecule is CN1C[C@H](Oc2ccc3c(c2)C(=O)N(C2CCC(=O)NC2=O)C3=O)C[C@@H](OC2CCNCC2)C1.O=C(O)C(F)(F)F. The summed E-state index contributed by atoms with van der Waals surface area (Å²) >= 11 is 0. The molecule has 0 aromatic heterocycles. The van der Waals surface area contributed by atoms with Crippen LogP contribution in [0.5, 0.6) is 5.75 Å². The molecule has 3 N–H and O–H groups in total. The number of rotatable bonds is 5. The molecular weight excluding hydrogens is 553 g/mol. The van der Waals surface area contributed by atoms with E-state index in [9.17, 15) is 32.3 Å². The molecule has 5 rings (SSSR count). The number of ether oxygens (including phenoxy) is 2. The monoisotopic (exact) mass is 584 g/mol. The summed E-state index contributed by atoms with van der Waals surface area (Å²) in [6.45, 7) is 3.54. The number of carboxylic acid groups (broad SMARTS) is 1. The van der Waals surface area contributed by atoms with Gasteiger partial charge in [0.1, 0.15) is 17.9 Å². The Morgan fingerprint density at radius 2 is 1.61 bits per heavy atom. The van der Waals surface area contributed by atoms with Gasteiger partial charge in [-0.1, -0.05) is 0 Å². The standard InChI is InChI=1S/C24H30N4O6.C2HF3O2/c1-27-12-16(33-14-6-8-25-9-7-14)10-17(13-27)34-15-2-3-18-19(11-15)24(32)28(23(18)31)20-4-5-21(29)26-22(20)30;3-2(4,5)1(6)7/h2-3,11,14,16-17,20,25H,4-10,12-13H2,1H3,(H,26,29,30);(H,6,7)/t16-,17-,20?;/m1./s1. The second kappa shape index (κ2) is 12.5. The van der Waals surface area contributed by atoms with Crippen LogP contribution in [0.1, 0.15) is 52.8 Å². The molecule has 3 atom stereocenters. The second-order valence-corrected chi connectivity index (χ2v) is 10.4. The second-order valence-electron chi connectivity index (χ2n) is 10.4. The average molecular weight is 585 g/mol. The van der Waals surface area contributed by atoms with Gasteiger partial charge in [-0.15, -0.1) is 0 Å². The predicted molar refractivity (Wildman–Crippen MR) is 134 cm³/mol. The van der Waals surface area contributed by atoms with Gasteiger partial charge < -0.3 is 24.8 Å². The number of fused-ring (bicyclic) bond motifs is 1. The van der Waals surface area contributed by atoms with Crippen LogP contribution in [-0.4, -0.2) is 108 Å². The lowest BCUT2D eigenvalue weighted by molar-refractivity contribution is -0.192. The van der Waals surface area contributed by atoms with Crippen molar-refractivity contribution in [2.75, 3.05) is 33.2 Å². The maximum absolute atomic E-state index is 13.1. The van der Waals surface area contributed by atoms with Crippen LogP contribution in [0, 0.1) is 0 Å². The van der Waals surface area contributed by atoms with Gasteiger partial charge >= 0.3 is 12.1 Å². The van der Waals surface area contributed by atoms with Crippen molar-refractivity contribution in [1.82, 2.24) is 20.4 Å². The summed E-state index contributed by atoms with van der Waals surface area (Å²) in [5.74, 6) is -4.32. The molecule has 12 nitrogen and oxygen atoms in total. The Balaban J connectivity index is 0.000000493. The van der Waals surface area contributed by atoms with Crippen LogP contribution in [0.3, 0.4) is 0 Å². The van der Waals surface area contributed by atoms with Crippen LogP contribution in [0.25, 0.3) is 0 Å². The van der Waals surface area contributed by atoms with Gasteiger partial charge in [-0.2, -0.15) is 13.2 Å². The van der Waals surface area contributed by atoms with Crippen LogP contribution in [0.4, 0.5) is 13.2 Å². The lowest BCUT2D eigenvalue weighted by Crippen LogP contribution is -2.54. The average Bonchev–Trinajstić information content (AvgIpc) is 3.13. The molecule has 0 radical (unpaired) electrons. The van der Waals surface area contributed by atoms with E-state index in [2.05, 4.69) is 15.5 Å². The molecule has 1 aromatic carbocycles. The van der Waals surface area contributed by atoms with Crippen molar-refractivity contribution in [3.8, 4) is 5.75 Å². The maximum Gasteiger partial charge on any atom is 0.490 e. The number of aliphatic carboxylic acids is 1. The first-order chi connectivity index (χ1) is 19.3. The normalized spacial score (nSPS) is 25.8. The summed E-state index contributed by atoms with van der Waals surface area (Å²) in [4.78, 5) is 61.7. The summed E-state index contributed by atoms with van der Waals surface area (Å²) in [5.41, 5.74) is 0.466. The highest BCUT2D eigenvalue weighted by Gasteiger charge is 2.45. The molecule has 224 valence electrons. The molecule has 3 fully saturated rings. The number of benzene rings is 1. The van der Waals surface area contributed by atoms with E-state index in [-0.39, 0.29) is 42.3 Å². The van der Waals surface area contributed by atoms with Gasteiger partial charge in [-0.05, 0) is 57.6 Å². The Morgan fingerprint density at radius 3 is 2.24 bits per heavy atom. The molecule has 4 heterocycles. The van der Waals surface area contributed by atoms with Crippen LogP contribution in [0.2, 0.25) is 0 Å². The quantitative estimate of drug-likeness (QED) is 0.426. The van der Waals surface area contributed by atoms with E-state index < -0.39 is 41.8 Å². The molecule has 4 aliphatic rings. The van der Waals surface area contributed by atoms with Gasteiger partial charge in [0, 0.05) is 25.9 Å². The van der Waals surface area contributed by atoms with Gasteiger partial charge in [0.05, 0.1) is 23.3 Å². The highest BCUT2D eigenvalue weighted by molar-refractivity contribution is 6.23. The summed E-state index contributed by atoms with van der Waals surface area (Å²) in [7, 11) is 2.04. The molecule has 1 unspecified atom stereocenters. The van der Waals surface area contributed by atoms with Gasteiger partial charge in [0.25, 0.3) is 11.8 Å². The Morgan fingerprint density at radius 1 is 0.976 bits per heavy atom. The number of alkyl halides is 3. The largest absolute Gasteiger partial charge is 0.490 e. The smallest absolute Gasteiger partial charge is 0.489 e. The van der Waals surface area contributed by atoms with Gasteiger partial charge in [-0.3, -0.25) is 29.4 Å². The van der Waals surface area contributed by atoms with E-state index in [1.165, 1.54) is 0 Å². The van der Waals surface area contributed by atoms with E-state index in [1.807, 2.05) is 7.05 Å². The van der Waals surface area contributed by atoms with Crippen LogP contribution in [-0.2, 0) is 19.1 Å². The predicted octanol–water partition coefficient (Wildman–Crippen LogP) is 0.941. The molecule has 41 heavy (non-hydrogen) atoms. The number of nitrogens with one attached hydrogen (secondary N) is 2. The van der Waals surface area contributed by atoms with E-state index in [0.717, 1.165) is 50.3 Å². The molecule has 0 aliphatic carbocycles. The first-order valence-corrected chi connectivity index (χ1v) is 13.2. The zero-order chi connectivity index (χ0) is 29.9. The minimum atomic E-state index is -5.08. The van der Waals surface area contributed by atoms with Crippen LogP contribution >= 0.6 is 0 Å². The fourth-order valence-corrected chi connectivity index (χ4v) is 5.32. The molecule has 0 saturated carbocycles. The number of likely N-dealkylation sites (tertiary alicyclic amines) is 1. The Kier molecular flexibility index (Phi) is 9.29. The Labute approximate surface area is 233 Å². The zero-order valence-electron chi connectivity index (χ0n) is 22.2. The van der Waals surface area contributed by atoms with Crippen molar-refractivity contribution in [2.24, 2.45) is 0 Å². The molecule has 4 amide bonds. The van der Waals surface area contributed by atoms with Gasteiger partial charge in [-0.25, -0.2) is 4.79 Å². The first kappa shape index (κ1) is 30.4. The number of halogens is 3. The van der Waals surface area contributed by atoms with Crippen molar-refractivity contribution < 1.29 is 51.7 Å². The number of piperidine rings is 3. The molecule has 1 aromatic rings. The lowest BCUT2D eigenvalue weighted by atomic mass is 10.0. The number of likely N-dealkylation sites (N-methyl/N-ethyl adjacent to an activating group) is 1. The fraction of sp³-hybridized carbons (Fsp3) is 0.577. The topological polar surface area (TPSA) is 155 Å². The van der Waals surface area contributed by atoms with Crippen molar-refractivity contribution in [1.29, 1.82) is 0 Å². The summed E-state index contributed by atoms with van der Waals surface area (Å²) < 4.78 is 44.3. The van der Waals surface area contributed by atoms with Crippen molar-refractivity contribution in [3.63, 3.8) is 0 Å². The molecular formula is C26H31F3N4O8. The molecule has 4 aliphatic heterocycles. The molecule has 3 saturated heterocycles. The summed E-state index contributed by atoms with van der Waals surface area (Å²) in [6.07, 6.45) is -1.86. The zero-order valence-corrected chi connectivity index (χ0v) is 22.2. The first-order valence-electron chi connectivity index (χ1n) is 13.2. The fourth-order valence-electron chi connectivity index (χ4n) is 5.32. The van der Waals surface area contributed by atoms with Crippen molar-refractivity contribution in [2.45, 2.75) is 62.6 Å². The van der Waals surface area contributed by atoms with Crippen LogP contribution in [0.15, 0.2) is 18.2 Å². The third-order valence-electron chi connectivity index (χ3n) is 7.18. The minimum Gasteiger partial charge on any atom is -0.489 e. The lowest BCUT2D eigenvalue weighted by Gasteiger charge is -2.38. The third-order valence-corrected chi connectivity index (χ3v) is 7.18. The number of carbonyl (C=O) groups excluding carboxylic acids is 4. The Hall–Kier alpha value is -3.56. The van der Waals surface area contributed by atoms with Gasteiger partial charge in [0.15, 0.2) is 0 Å². The molecule has 0 bridgehead atoms. The van der Waals surface area contributed by atoms with E-state index in [0.29, 0.717) is 5.75 Å². The maximum atomic E-state index is 13.1. The van der Waals surface area contributed by atoms with Gasteiger partial charge in [0.2, 0.25) is 11.8 Å². The number of hydrogen-bond acceptors (Lipinski definition) is 9. The van der Waals surface area contributed by atoms with Crippen molar-refractivity contribution in [3.05, 3.63) is 29.3 Å².